The molecule has 2 unspecified atom stereocenters. The highest BCUT2D eigenvalue weighted by molar-refractivity contribution is 5.24. The number of nitrogens with two attached hydrogens (primary N) is 1. The molecule has 0 aromatic rings. The molecule has 0 aromatic carbocycles. The van der Waals surface area contributed by atoms with Crippen LogP contribution in [0.5, 0.6) is 0 Å². The van der Waals surface area contributed by atoms with E-state index in [4.69, 9.17) is 15.6 Å². The van der Waals surface area contributed by atoms with Gasteiger partial charge in [0.2, 0.25) is 0 Å². The van der Waals surface area contributed by atoms with Gasteiger partial charge in [-0.2, -0.15) is 0 Å². The van der Waals surface area contributed by atoms with Crippen molar-refractivity contribution < 1.29 is 9.84 Å². The molecule has 0 fully saturated rings. The second kappa shape index (κ2) is 3.85. The van der Waals surface area contributed by atoms with Crippen molar-refractivity contribution in [2.24, 2.45) is 5.73 Å². The molecular weight excluding hydrogens is 154 g/mol. The molecule has 0 saturated heterocycles. The summed E-state index contributed by atoms with van der Waals surface area (Å²) in [5.74, 6) is 0. The third kappa shape index (κ3) is 1.58. The van der Waals surface area contributed by atoms with Crippen molar-refractivity contribution in [3.8, 4) is 0 Å². The van der Waals surface area contributed by atoms with Crippen molar-refractivity contribution in [2.45, 2.75) is 18.1 Å². The first-order valence-corrected chi connectivity index (χ1v) is 4.03. The number of aliphatic hydroxyl groups is 1. The number of methoxy groups -OCH3 is 1. The molecule has 0 saturated carbocycles. The number of aliphatic hydroxyl groups excluding tert-OH is 1. The maximum absolute atomic E-state index is 8.84. The lowest BCUT2D eigenvalue weighted by atomic mass is 9.87. The topological polar surface area (TPSA) is 55.5 Å². The highest BCUT2D eigenvalue weighted by Crippen LogP contribution is 2.24. The van der Waals surface area contributed by atoms with Crippen LogP contribution in [0.3, 0.4) is 0 Å². The van der Waals surface area contributed by atoms with Gasteiger partial charge in [-0.05, 0) is 0 Å². The van der Waals surface area contributed by atoms with Gasteiger partial charge in [0, 0.05) is 20.1 Å². The van der Waals surface area contributed by atoms with Gasteiger partial charge in [-0.25, -0.2) is 0 Å². The van der Waals surface area contributed by atoms with Gasteiger partial charge >= 0.3 is 0 Å². The summed E-state index contributed by atoms with van der Waals surface area (Å²) in [6.45, 7) is 0.0831. The number of allylic oxidation sites excluding steroid dienone is 2. The Bertz CT molecular complexity index is 201. The first kappa shape index (κ1) is 9.45. The Labute approximate surface area is 72.5 Å². The van der Waals surface area contributed by atoms with Crippen LogP contribution in [0.15, 0.2) is 24.3 Å². The largest absolute Gasteiger partial charge is 0.396 e. The molecule has 3 N–H and O–H groups in total. The zero-order chi connectivity index (χ0) is 9.03. The molecule has 0 aliphatic heterocycles. The van der Waals surface area contributed by atoms with Crippen LogP contribution in [0.4, 0.5) is 0 Å². The van der Waals surface area contributed by atoms with Crippen molar-refractivity contribution in [1.82, 2.24) is 0 Å². The number of rotatable bonds is 3. The van der Waals surface area contributed by atoms with E-state index < -0.39 is 5.60 Å². The van der Waals surface area contributed by atoms with E-state index in [1.165, 1.54) is 0 Å². The van der Waals surface area contributed by atoms with E-state index in [-0.39, 0.29) is 12.6 Å². The monoisotopic (exact) mass is 169 g/mol. The maximum atomic E-state index is 8.84. The quantitative estimate of drug-likeness (QED) is 0.635. The van der Waals surface area contributed by atoms with E-state index in [1.54, 1.807) is 7.11 Å². The average molecular weight is 169 g/mol. The van der Waals surface area contributed by atoms with Gasteiger partial charge < -0.3 is 15.6 Å². The minimum absolute atomic E-state index is 0.0831. The molecule has 3 nitrogen and oxygen atoms in total. The maximum Gasteiger partial charge on any atom is 0.107 e. The lowest BCUT2D eigenvalue weighted by Crippen LogP contribution is -2.48. The van der Waals surface area contributed by atoms with Gasteiger partial charge in [-0.15, -0.1) is 0 Å². The van der Waals surface area contributed by atoms with E-state index in [0.29, 0.717) is 6.42 Å². The average Bonchev–Trinajstić information content (AvgIpc) is 2.10. The Hall–Kier alpha value is -0.640. The fourth-order valence-corrected chi connectivity index (χ4v) is 1.41. The van der Waals surface area contributed by atoms with Crippen LogP contribution in [0.1, 0.15) is 6.42 Å². The molecule has 2 atom stereocenters. The second-order valence-electron chi connectivity index (χ2n) is 2.90. The zero-order valence-corrected chi connectivity index (χ0v) is 7.23. The third-order valence-corrected chi connectivity index (χ3v) is 2.25. The first-order chi connectivity index (χ1) is 5.75. The van der Waals surface area contributed by atoms with Crippen molar-refractivity contribution in [3.63, 3.8) is 0 Å². The smallest absolute Gasteiger partial charge is 0.107 e. The van der Waals surface area contributed by atoms with Crippen LogP contribution < -0.4 is 5.73 Å². The summed E-state index contributed by atoms with van der Waals surface area (Å²) >= 11 is 0. The van der Waals surface area contributed by atoms with Crippen LogP contribution in [0.2, 0.25) is 0 Å². The van der Waals surface area contributed by atoms with Crippen molar-refractivity contribution >= 4 is 0 Å². The zero-order valence-electron chi connectivity index (χ0n) is 7.23. The lowest BCUT2D eigenvalue weighted by molar-refractivity contribution is 0.00155. The first-order valence-electron chi connectivity index (χ1n) is 4.03. The van der Waals surface area contributed by atoms with E-state index in [9.17, 15) is 0 Å². The van der Waals surface area contributed by atoms with Crippen LogP contribution >= 0.6 is 0 Å². The summed E-state index contributed by atoms with van der Waals surface area (Å²) < 4.78 is 5.31. The van der Waals surface area contributed by atoms with E-state index in [0.717, 1.165) is 0 Å². The second-order valence-corrected chi connectivity index (χ2v) is 2.90. The van der Waals surface area contributed by atoms with Gasteiger partial charge in [0.25, 0.3) is 0 Å². The molecule has 0 aromatic heterocycles. The van der Waals surface area contributed by atoms with E-state index in [1.807, 2.05) is 24.3 Å². The molecule has 68 valence electrons. The Morgan fingerprint density at radius 1 is 1.58 bits per heavy atom. The summed E-state index contributed by atoms with van der Waals surface area (Å²) in [4.78, 5) is 0. The molecule has 1 aliphatic rings. The van der Waals surface area contributed by atoms with Gasteiger partial charge in [-0.3, -0.25) is 0 Å². The summed E-state index contributed by atoms with van der Waals surface area (Å²) in [7, 11) is 1.61. The molecule has 0 radical (unpaired) electrons. The molecule has 1 rings (SSSR count). The fourth-order valence-electron chi connectivity index (χ4n) is 1.41. The minimum Gasteiger partial charge on any atom is -0.396 e. The van der Waals surface area contributed by atoms with Gasteiger partial charge in [0.05, 0.1) is 6.04 Å². The number of hydrogen-bond donors (Lipinski definition) is 2. The van der Waals surface area contributed by atoms with Crippen LogP contribution in [-0.4, -0.2) is 30.5 Å². The standard InChI is InChI=1S/C9H15NO2/c1-12-9(6-7-11)5-3-2-4-8(9)10/h2-5,8,11H,6-7,10H2,1H3. The number of hydrogen-bond acceptors (Lipinski definition) is 3. The van der Waals surface area contributed by atoms with E-state index in [2.05, 4.69) is 0 Å². The molecule has 1 aliphatic carbocycles. The normalized spacial score (nSPS) is 34.1. The minimum atomic E-state index is -0.510. The van der Waals surface area contributed by atoms with Gasteiger partial charge in [0.1, 0.15) is 5.60 Å². The highest BCUT2D eigenvalue weighted by atomic mass is 16.5. The van der Waals surface area contributed by atoms with Crippen LogP contribution in [0, 0.1) is 0 Å². The molecule has 0 amide bonds. The van der Waals surface area contributed by atoms with Crippen molar-refractivity contribution in [1.29, 1.82) is 0 Å². The molecular formula is C9H15NO2. The summed E-state index contributed by atoms with van der Waals surface area (Å²) in [5.41, 5.74) is 5.33. The van der Waals surface area contributed by atoms with Crippen molar-refractivity contribution in [2.75, 3.05) is 13.7 Å². The third-order valence-electron chi connectivity index (χ3n) is 2.25. The molecule has 0 spiro atoms. The molecule has 12 heavy (non-hydrogen) atoms. The van der Waals surface area contributed by atoms with E-state index >= 15 is 0 Å². The number of ether oxygens (including phenoxy) is 1. The predicted molar refractivity (Wildman–Crippen MR) is 47.7 cm³/mol. The Balaban J connectivity index is 2.77. The van der Waals surface area contributed by atoms with Crippen LogP contribution in [-0.2, 0) is 4.74 Å². The Morgan fingerprint density at radius 3 is 2.83 bits per heavy atom. The summed E-state index contributed by atoms with van der Waals surface area (Å²) in [6, 6.07) is -0.167. The molecule has 0 heterocycles. The summed E-state index contributed by atoms with van der Waals surface area (Å²) in [6.07, 6.45) is 8.08. The predicted octanol–water partition coefficient (Wildman–Crippen LogP) is 0.207. The van der Waals surface area contributed by atoms with Gasteiger partial charge in [-0.1, -0.05) is 24.3 Å². The molecule has 3 heteroatoms. The van der Waals surface area contributed by atoms with Gasteiger partial charge in [0.15, 0.2) is 0 Å². The SMILES string of the molecule is COC1(CCO)C=CC=CC1N. The fraction of sp³-hybridized carbons (Fsp3) is 0.556. The van der Waals surface area contributed by atoms with Crippen LogP contribution in [0.25, 0.3) is 0 Å². The Kier molecular flexibility index (Phi) is 3.03. The molecule has 0 bridgehead atoms. The lowest BCUT2D eigenvalue weighted by Gasteiger charge is -2.34. The highest BCUT2D eigenvalue weighted by Gasteiger charge is 2.33. The van der Waals surface area contributed by atoms with Crippen molar-refractivity contribution in [3.05, 3.63) is 24.3 Å². The summed E-state index contributed by atoms with van der Waals surface area (Å²) in [5, 5.41) is 8.84. The Morgan fingerprint density at radius 2 is 2.33 bits per heavy atom.